The van der Waals surface area contributed by atoms with E-state index in [0.717, 1.165) is 17.0 Å². The van der Waals surface area contributed by atoms with Crippen LogP contribution in [0.15, 0.2) is 41.4 Å². The largest absolute Gasteiger partial charge is 0.493 e. The fourth-order valence-corrected chi connectivity index (χ4v) is 3.52. The van der Waals surface area contributed by atoms with E-state index in [2.05, 4.69) is 20.7 Å². The smallest absolute Gasteiger partial charge is 0.258 e. The van der Waals surface area contributed by atoms with Crippen LogP contribution in [0, 0.1) is 13.8 Å². The molecular weight excluding hydrogens is 450 g/mol. The molecule has 10 nitrogen and oxygen atoms in total. The van der Waals surface area contributed by atoms with Crippen LogP contribution in [0.25, 0.3) is 0 Å². The Balaban J connectivity index is 1.92. The zero-order valence-corrected chi connectivity index (χ0v) is 21.1. The van der Waals surface area contributed by atoms with E-state index in [9.17, 15) is 4.79 Å². The lowest BCUT2D eigenvalue weighted by atomic mass is 10.2. The molecule has 3 rings (SSSR count). The van der Waals surface area contributed by atoms with Gasteiger partial charge in [0.05, 0.1) is 40.7 Å². The van der Waals surface area contributed by atoms with Gasteiger partial charge in [0.25, 0.3) is 5.91 Å². The number of benzene rings is 2. The number of aliphatic imine (C=N–C) groups is 1. The fraction of sp³-hybridized carbons (Fsp3) is 0.320. The van der Waals surface area contributed by atoms with Crippen molar-refractivity contribution in [3.63, 3.8) is 0 Å². The van der Waals surface area contributed by atoms with Crippen LogP contribution in [-0.4, -0.2) is 50.1 Å². The zero-order valence-electron chi connectivity index (χ0n) is 21.1. The number of carbonyl (C=O) groups is 1. The van der Waals surface area contributed by atoms with Crippen LogP contribution in [0.5, 0.6) is 23.0 Å². The van der Waals surface area contributed by atoms with Crippen LogP contribution in [0.3, 0.4) is 0 Å². The van der Waals surface area contributed by atoms with Crippen molar-refractivity contribution < 1.29 is 23.7 Å². The van der Waals surface area contributed by atoms with Gasteiger partial charge in [0.1, 0.15) is 0 Å². The molecule has 2 aromatic carbocycles. The second kappa shape index (κ2) is 11.3. The van der Waals surface area contributed by atoms with E-state index in [-0.39, 0.29) is 11.9 Å². The average molecular weight is 482 g/mol. The van der Waals surface area contributed by atoms with E-state index < -0.39 is 0 Å². The molecule has 0 fully saturated rings. The van der Waals surface area contributed by atoms with Gasteiger partial charge < -0.3 is 24.3 Å². The molecule has 1 aromatic heterocycles. The molecule has 0 aliphatic carbocycles. The number of rotatable bonds is 8. The third-order valence-corrected chi connectivity index (χ3v) is 5.58. The number of hydrogen-bond acceptors (Lipinski definition) is 7. The van der Waals surface area contributed by atoms with Crippen LogP contribution < -0.4 is 29.6 Å². The standard InChI is InChI=1S/C25H31N5O5/c1-15-19(16(2)30(3)29-15)14-26-25(27-18-9-11-21(33-5)23(13-18)35-7)28-24(31)17-8-10-20(32-4)22(12-17)34-6/h8-13H,14H2,1-7H3,(H2,26,27,28,31). The molecule has 0 saturated heterocycles. The van der Waals surface area contributed by atoms with Gasteiger partial charge in [-0.15, -0.1) is 0 Å². The minimum absolute atomic E-state index is 0.264. The van der Waals surface area contributed by atoms with E-state index in [1.54, 1.807) is 50.6 Å². The highest BCUT2D eigenvalue weighted by atomic mass is 16.5. The predicted octanol–water partition coefficient (Wildman–Crippen LogP) is 3.47. The monoisotopic (exact) mass is 481 g/mol. The first kappa shape index (κ1) is 25.4. The van der Waals surface area contributed by atoms with Gasteiger partial charge in [-0.25, -0.2) is 4.99 Å². The molecule has 0 aliphatic heterocycles. The molecule has 1 heterocycles. The normalized spacial score (nSPS) is 11.1. The first-order chi connectivity index (χ1) is 16.8. The Hall–Kier alpha value is -4.21. The lowest BCUT2D eigenvalue weighted by Gasteiger charge is -2.15. The molecule has 0 aliphatic rings. The third kappa shape index (κ3) is 5.84. The molecule has 0 atom stereocenters. The van der Waals surface area contributed by atoms with Gasteiger partial charge in [0, 0.05) is 35.6 Å². The van der Waals surface area contributed by atoms with Crippen LogP contribution in [-0.2, 0) is 13.6 Å². The second-order valence-electron chi connectivity index (χ2n) is 7.66. The number of methoxy groups -OCH3 is 4. The summed E-state index contributed by atoms with van der Waals surface area (Å²) in [5, 5.41) is 10.5. The van der Waals surface area contributed by atoms with Crippen molar-refractivity contribution in [2.45, 2.75) is 20.4 Å². The summed E-state index contributed by atoms with van der Waals surface area (Å²) in [5.74, 6) is 2.02. The first-order valence-electron chi connectivity index (χ1n) is 10.9. The van der Waals surface area contributed by atoms with Gasteiger partial charge in [-0.1, -0.05) is 0 Å². The molecular formula is C25H31N5O5. The maximum atomic E-state index is 13.1. The molecule has 3 aromatic rings. The van der Waals surface area contributed by atoms with E-state index >= 15 is 0 Å². The van der Waals surface area contributed by atoms with Crippen LogP contribution in [0.2, 0.25) is 0 Å². The van der Waals surface area contributed by atoms with E-state index in [0.29, 0.717) is 40.8 Å². The maximum absolute atomic E-state index is 13.1. The number of ether oxygens (including phenoxy) is 4. The molecule has 0 saturated carbocycles. The van der Waals surface area contributed by atoms with Crippen molar-refractivity contribution >= 4 is 17.6 Å². The van der Waals surface area contributed by atoms with Crippen molar-refractivity contribution in [3.05, 3.63) is 58.9 Å². The minimum atomic E-state index is -0.364. The molecule has 35 heavy (non-hydrogen) atoms. The van der Waals surface area contributed by atoms with Gasteiger partial charge >= 0.3 is 0 Å². The van der Waals surface area contributed by atoms with Gasteiger partial charge in [-0.05, 0) is 44.2 Å². The van der Waals surface area contributed by atoms with Gasteiger partial charge in [0.2, 0.25) is 5.96 Å². The molecule has 10 heteroatoms. The summed E-state index contributed by atoms with van der Waals surface area (Å²) < 4.78 is 23.1. The van der Waals surface area contributed by atoms with Crippen LogP contribution >= 0.6 is 0 Å². The Bertz CT molecular complexity index is 1240. The molecule has 0 spiro atoms. The summed E-state index contributed by atoms with van der Waals surface area (Å²) in [7, 11) is 8.07. The van der Waals surface area contributed by atoms with Crippen molar-refractivity contribution in [2.75, 3.05) is 33.8 Å². The number of hydrogen-bond donors (Lipinski definition) is 2. The highest BCUT2D eigenvalue weighted by molar-refractivity contribution is 6.10. The maximum Gasteiger partial charge on any atom is 0.258 e. The van der Waals surface area contributed by atoms with E-state index in [1.807, 2.05) is 25.6 Å². The second-order valence-corrected chi connectivity index (χ2v) is 7.66. The Labute approximate surface area is 204 Å². The average Bonchev–Trinajstić information content (AvgIpc) is 3.11. The first-order valence-corrected chi connectivity index (χ1v) is 10.9. The lowest BCUT2D eigenvalue weighted by molar-refractivity contribution is 0.0976. The number of aryl methyl sites for hydroxylation is 2. The molecule has 0 bridgehead atoms. The number of carbonyl (C=O) groups excluding carboxylic acids is 1. The van der Waals surface area contributed by atoms with Crippen molar-refractivity contribution in [1.29, 1.82) is 0 Å². The summed E-state index contributed by atoms with van der Waals surface area (Å²) in [6.07, 6.45) is 0. The molecule has 186 valence electrons. The Morgan fingerprint density at radius 1 is 0.914 bits per heavy atom. The predicted molar refractivity (Wildman–Crippen MR) is 134 cm³/mol. The third-order valence-electron chi connectivity index (χ3n) is 5.58. The summed E-state index contributed by atoms with van der Waals surface area (Å²) in [4.78, 5) is 17.8. The molecule has 2 N–H and O–H groups in total. The summed E-state index contributed by atoms with van der Waals surface area (Å²) >= 11 is 0. The van der Waals surface area contributed by atoms with Gasteiger partial charge in [-0.2, -0.15) is 5.10 Å². The summed E-state index contributed by atoms with van der Waals surface area (Å²) in [6, 6.07) is 10.3. The Morgan fingerprint density at radius 3 is 2.09 bits per heavy atom. The topological polar surface area (TPSA) is 108 Å². The number of nitrogens with zero attached hydrogens (tertiary/aromatic N) is 3. The quantitative estimate of drug-likeness (QED) is 0.375. The number of aromatic nitrogens is 2. The van der Waals surface area contributed by atoms with Crippen LogP contribution in [0.4, 0.5) is 5.69 Å². The summed E-state index contributed by atoms with van der Waals surface area (Å²) in [5.41, 5.74) is 3.92. The number of guanidine groups is 1. The molecule has 0 radical (unpaired) electrons. The van der Waals surface area contributed by atoms with E-state index in [4.69, 9.17) is 18.9 Å². The SMILES string of the molecule is COc1ccc(NC(=NCc2c(C)nn(C)c2C)NC(=O)c2ccc(OC)c(OC)c2)cc1OC. The van der Waals surface area contributed by atoms with Gasteiger partial charge in [0.15, 0.2) is 23.0 Å². The Kier molecular flexibility index (Phi) is 8.19. The van der Waals surface area contributed by atoms with Crippen molar-refractivity contribution in [1.82, 2.24) is 15.1 Å². The highest BCUT2D eigenvalue weighted by Crippen LogP contribution is 2.30. The number of nitrogens with one attached hydrogen (secondary N) is 2. The number of amides is 1. The number of anilines is 1. The van der Waals surface area contributed by atoms with Gasteiger partial charge in [-0.3, -0.25) is 14.8 Å². The lowest BCUT2D eigenvalue weighted by Crippen LogP contribution is -2.36. The summed E-state index contributed by atoms with van der Waals surface area (Å²) in [6.45, 7) is 4.24. The van der Waals surface area contributed by atoms with Crippen LogP contribution in [0.1, 0.15) is 27.3 Å². The fourth-order valence-electron chi connectivity index (χ4n) is 3.52. The Morgan fingerprint density at radius 2 is 1.51 bits per heavy atom. The van der Waals surface area contributed by atoms with E-state index in [1.165, 1.54) is 14.2 Å². The zero-order chi connectivity index (χ0) is 25.5. The highest BCUT2D eigenvalue weighted by Gasteiger charge is 2.15. The van der Waals surface area contributed by atoms with Crippen molar-refractivity contribution in [2.24, 2.45) is 12.0 Å². The van der Waals surface area contributed by atoms with Crippen molar-refractivity contribution in [3.8, 4) is 23.0 Å². The molecule has 0 unspecified atom stereocenters. The molecule has 1 amide bonds. The minimum Gasteiger partial charge on any atom is -0.493 e.